The largest absolute Gasteiger partial charge is 0.481 e. The van der Waals surface area contributed by atoms with Crippen LogP contribution < -0.4 is 0 Å². The van der Waals surface area contributed by atoms with Crippen molar-refractivity contribution in [2.45, 2.75) is 19.3 Å². The molecule has 0 bridgehead atoms. The molecule has 2 rings (SSSR count). The lowest BCUT2D eigenvalue weighted by atomic mass is 9.85. The number of aliphatic carboxylic acids is 1. The molecule has 16 heavy (non-hydrogen) atoms. The van der Waals surface area contributed by atoms with Gasteiger partial charge in [0.1, 0.15) is 0 Å². The molecule has 4 heteroatoms. The van der Waals surface area contributed by atoms with Crippen LogP contribution in [0.15, 0.2) is 24.5 Å². The molecule has 0 saturated heterocycles. The summed E-state index contributed by atoms with van der Waals surface area (Å²) in [5.41, 5.74) is 1.74. The molecular formula is C12H14N2O2. The van der Waals surface area contributed by atoms with E-state index in [1.165, 1.54) is 0 Å². The van der Waals surface area contributed by atoms with Crippen molar-refractivity contribution in [2.75, 3.05) is 0 Å². The van der Waals surface area contributed by atoms with Crippen molar-refractivity contribution in [3.8, 4) is 0 Å². The molecule has 0 fully saturated rings. The smallest absolute Gasteiger partial charge is 0.313 e. The third-order valence-corrected chi connectivity index (χ3v) is 2.98. The van der Waals surface area contributed by atoms with Gasteiger partial charge < -0.3 is 9.67 Å². The highest BCUT2D eigenvalue weighted by atomic mass is 16.4. The van der Waals surface area contributed by atoms with Gasteiger partial charge in [-0.15, -0.1) is 0 Å². The first kappa shape index (κ1) is 10.7. The molecule has 4 nitrogen and oxygen atoms in total. The molecule has 0 amide bonds. The average molecular weight is 218 g/mol. The van der Waals surface area contributed by atoms with E-state index >= 15 is 0 Å². The molecular weight excluding hydrogens is 204 g/mol. The highest BCUT2D eigenvalue weighted by Gasteiger charge is 2.29. The summed E-state index contributed by atoms with van der Waals surface area (Å²) < 4.78 is 1.89. The quantitative estimate of drug-likeness (QED) is 0.838. The van der Waals surface area contributed by atoms with Crippen LogP contribution in [0.2, 0.25) is 0 Å². The number of carboxylic acid groups (broad SMARTS) is 1. The fraction of sp³-hybridized carbons (Fsp3) is 0.333. The van der Waals surface area contributed by atoms with Crippen molar-refractivity contribution in [3.63, 3.8) is 0 Å². The zero-order valence-corrected chi connectivity index (χ0v) is 9.56. The van der Waals surface area contributed by atoms with E-state index in [0.29, 0.717) is 0 Å². The Kier molecular flexibility index (Phi) is 2.22. The number of imidazole rings is 1. The van der Waals surface area contributed by atoms with Gasteiger partial charge in [-0.3, -0.25) is 4.79 Å². The normalized spacial score (nSPS) is 11.9. The Morgan fingerprint density at radius 2 is 2.12 bits per heavy atom. The van der Waals surface area contributed by atoms with Crippen molar-refractivity contribution in [2.24, 2.45) is 7.05 Å². The van der Waals surface area contributed by atoms with Crippen LogP contribution in [0, 0.1) is 0 Å². The minimum absolute atomic E-state index is 0.788. The molecule has 1 N–H and O–H groups in total. The van der Waals surface area contributed by atoms with Crippen molar-refractivity contribution >= 4 is 17.0 Å². The van der Waals surface area contributed by atoms with Gasteiger partial charge in [-0.2, -0.15) is 0 Å². The number of aromatic nitrogens is 2. The van der Waals surface area contributed by atoms with E-state index in [-0.39, 0.29) is 0 Å². The van der Waals surface area contributed by atoms with Crippen LogP contribution in [-0.2, 0) is 17.3 Å². The Morgan fingerprint density at radius 1 is 1.44 bits per heavy atom. The summed E-state index contributed by atoms with van der Waals surface area (Å²) in [6.07, 6.45) is 1.72. The number of benzene rings is 1. The molecule has 1 aromatic heterocycles. The fourth-order valence-electron chi connectivity index (χ4n) is 1.64. The van der Waals surface area contributed by atoms with Crippen LogP contribution >= 0.6 is 0 Å². The number of rotatable bonds is 2. The van der Waals surface area contributed by atoms with Gasteiger partial charge in [0, 0.05) is 7.05 Å². The predicted octanol–water partition coefficient (Wildman–Crippen LogP) is 1.94. The van der Waals surface area contributed by atoms with Crippen LogP contribution in [0.5, 0.6) is 0 Å². The molecule has 0 atom stereocenters. The fourth-order valence-corrected chi connectivity index (χ4v) is 1.64. The third-order valence-electron chi connectivity index (χ3n) is 2.98. The zero-order chi connectivity index (χ0) is 11.9. The van der Waals surface area contributed by atoms with Crippen molar-refractivity contribution in [3.05, 3.63) is 30.1 Å². The van der Waals surface area contributed by atoms with Crippen LogP contribution in [0.25, 0.3) is 11.0 Å². The van der Waals surface area contributed by atoms with Crippen molar-refractivity contribution < 1.29 is 9.90 Å². The molecule has 1 aromatic carbocycles. The number of hydrogen-bond donors (Lipinski definition) is 1. The van der Waals surface area contributed by atoms with Crippen LogP contribution in [0.1, 0.15) is 19.4 Å². The van der Waals surface area contributed by atoms with E-state index < -0.39 is 11.4 Å². The molecule has 0 aliphatic heterocycles. The highest BCUT2D eigenvalue weighted by Crippen LogP contribution is 2.26. The second kappa shape index (κ2) is 3.33. The molecule has 0 spiro atoms. The number of carbonyl (C=O) groups is 1. The van der Waals surface area contributed by atoms with E-state index in [2.05, 4.69) is 4.98 Å². The zero-order valence-electron chi connectivity index (χ0n) is 9.56. The van der Waals surface area contributed by atoms with E-state index in [1.54, 1.807) is 20.2 Å². The Bertz CT molecular complexity index is 555. The first-order valence-electron chi connectivity index (χ1n) is 5.08. The Morgan fingerprint density at radius 3 is 2.75 bits per heavy atom. The van der Waals surface area contributed by atoms with E-state index in [1.807, 2.05) is 29.8 Å². The van der Waals surface area contributed by atoms with Crippen LogP contribution in [0.3, 0.4) is 0 Å². The average Bonchev–Trinajstić information content (AvgIpc) is 2.60. The van der Waals surface area contributed by atoms with Gasteiger partial charge in [-0.05, 0) is 31.5 Å². The molecule has 0 aliphatic carbocycles. The number of carboxylic acids is 1. The number of hydrogen-bond acceptors (Lipinski definition) is 2. The minimum Gasteiger partial charge on any atom is -0.481 e. The van der Waals surface area contributed by atoms with Crippen LogP contribution in [0.4, 0.5) is 0 Å². The second-order valence-corrected chi connectivity index (χ2v) is 4.49. The Labute approximate surface area is 93.5 Å². The van der Waals surface area contributed by atoms with Gasteiger partial charge in [-0.1, -0.05) is 6.07 Å². The molecule has 0 unspecified atom stereocenters. The Balaban J connectivity index is 2.62. The standard InChI is InChI=1S/C12H14N2O2/c1-12(2,11(15)16)8-4-5-9-10(6-8)14(3)7-13-9/h4-7H,1-3H3,(H,15,16). The lowest BCUT2D eigenvalue weighted by molar-refractivity contribution is -0.142. The molecule has 2 aromatic rings. The molecule has 1 heterocycles. The predicted molar refractivity (Wildman–Crippen MR) is 61.4 cm³/mol. The molecule has 0 aliphatic rings. The lowest BCUT2D eigenvalue weighted by Crippen LogP contribution is -2.28. The van der Waals surface area contributed by atoms with E-state index in [9.17, 15) is 4.79 Å². The minimum atomic E-state index is -0.877. The number of fused-ring (bicyclic) bond motifs is 1. The van der Waals surface area contributed by atoms with Gasteiger partial charge in [0.2, 0.25) is 0 Å². The van der Waals surface area contributed by atoms with E-state index in [0.717, 1.165) is 16.6 Å². The van der Waals surface area contributed by atoms with Gasteiger partial charge >= 0.3 is 5.97 Å². The number of aryl methyl sites for hydroxylation is 1. The second-order valence-electron chi connectivity index (χ2n) is 4.49. The highest BCUT2D eigenvalue weighted by molar-refractivity contribution is 5.83. The molecule has 84 valence electrons. The van der Waals surface area contributed by atoms with E-state index in [4.69, 9.17) is 5.11 Å². The first-order chi connectivity index (χ1) is 7.43. The van der Waals surface area contributed by atoms with Gasteiger partial charge in [0.25, 0.3) is 0 Å². The topological polar surface area (TPSA) is 55.1 Å². The third kappa shape index (κ3) is 1.46. The monoisotopic (exact) mass is 218 g/mol. The summed E-state index contributed by atoms with van der Waals surface area (Å²) >= 11 is 0. The molecule has 0 radical (unpaired) electrons. The summed E-state index contributed by atoms with van der Waals surface area (Å²) in [7, 11) is 1.90. The molecule has 0 saturated carbocycles. The van der Waals surface area contributed by atoms with Crippen molar-refractivity contribution in [1.29, 1.82) is 0 Å². The summed E-state index contributed by atoms with van der Waals surface area (Å²) in [6, 6.07) is 5.56. The first-order valence-corrected chi connectivity index (χ1v) is 5.08. The van der Waals surface area contributed by atoms with Gasteiger partial charge in [-0.25, -0.2) is 4.98 Å². The Hall–Kier alpha value is -1.84. The van der Waals surface area contributed by atoms with Crippen LogP contribution in [-0.4, -0.2) is 20.6 Å². The van der Waals surface area contributed by atoms with Gasteiger partial charge in [0.05, 0.1) is 22.8 Å². The lowest BCUT2D eigenvalue weighted by Gasteiger charge is -2.19. The SMILES string of the molecule is Cn1cnc2ccc(C(C)(C)C(=O)O)cc21. The summed E-state index contributed by atoms with van der Waals surface area (Å²) in [5, 5.41) is 9.16. The maximum Gasteiger partial charge on any atom is 0.313 e. The van der Waals surface area contributed by atoms with Gasteiger partial charge in [0.15, 0.2) is 0 Å². The summed E-state index contributed by atoms with van der Waals surface area (Å²) in [6.45, 7) is 3.40. The maximum absolute atomic E-state index is 11.2. The number of nitrogens with zero attached hydrogens (tertiary/aromatic N) is 2. The summed E-state index contributed by atoms with van der Waals surface area (Å²) in [4.78, 5) is 15.4. The maximum atomic E-state index is 11.2. The van der Waals surface area contributed by atoms with Crippen molar-refractivity contribution in [1.82, 2.24) is 9.55 Å². The summed E-state index contributed by atoms with van der Waals surface area (Å²) in [5.74, 6) is -0.825.